The molecule has 0 atom stereocenters. The number of hydrogen-bond donors (Lipinski definition) is 1. The zero-order chi connectivity index (χ0) is 26.6. The highest BCUT2D eigenvalue weighted by atomic mass is 79.9. The van der Waals surface area contributed by atoms with Crippen LogP contribution in [0.15, 0.2) is 28.3 Å². The molecule has 0 bridgehead atoms. The number of amidine groups is 1. The Hall–Kier alpha value is -3.07. The number of carbonyl (C=O) groups excluding carboxylic acids is 2. The van der Waals surface area contributed by atoms with Crippen LogP contribution >= 0.6 is 16.1 Å². The lowest BCUT2D eigenvalue weighted by molar-refractivity contribution is 0.0953. The largest absolute Gasteiger partial charge is 0.493 e. The van der Waals surface area contributed by atoms with Crippen LogP contribution in [0.2, 0.25) is 0 Å². The molecule has 1 N–H and O–H groups in total. The zero-order valence-electron chi connectivity index (χ0n) is 22.0. The van der Waals surface area contributed by atoms with Gasteiger partial charge in [0.1, 0.15) is 11.6 Å². The van der Waals surface area contributed by atoms with Crippen LogP contribution in [-0.2, 0) is 12.0 Å². The van der Waals surface area contributed by atoms with Gasteiger partial charge < -0.3 is 24.4 Å². The van der Waals surface area contributed by atoms with Gasteiger partial charge in [0.25, 0.3) is 5.91 Å². The molecule has 0 saturated heterocycles. The molecule has 0 saturated carbocycles. The van der Waals surface area contributed by atoms with E-state index in [1.807, 2.05) is 30.9 Å². The van der Waals surface area contributed by atoms with Crippen molar-refractivity contribution < 1.29 is 23.8 Å². The number of carbonyl (C=O) groups is 2. The fraction of sp³-hybridized carbons (Fsp3) is 0.444. The predicted octanol–water partition coefficient (Wildman–Crippen LogP) is 4.90. The van der Waals surface area contributed by atoms with Gasteiger partial charge in [-0.1, -0.05) is 20.8 Å². The van der Waals surface area contributed by atoms with Crippen molar-refractivity contribution in [3.05, 3.63) is 52.1 Å². The smallest absolute Gasteiger partial charge is 0.254 e. The molecule has 0 spiro atoms. The molecule has 0 unspecified atom stereocenters. The van der Waals surface area contributed by atoms with Crippen molar-refractivity contribution in [2.75, 3.05) is 33.9 Å². The van der Waals surface area contributed by atoms with Crippen molar-refractivity contribution in [2.24, 2.45) is 4.02 Å². The van der Waals surface area contributed by atoms with E-state index in [4.69, 9.17) is 14.2 Å². The van der Waals surface area contributed by atoms with Crippen molar-refractivity contribution in [3.8, 4) is 17.2 Å². The lowest BCUT2D eigenvalue weighted by atomic mass is 9.84. The van der Waals surface area contributed by atoms with E-state index in [-0.39, 0.29) is 23.7 Å². The lowest BCUT2D eigenvalue weighted by Gasteiger charge is -2.25. The maximum absolute atomic E-state index is 13.5. The average molecular weight is 560 g/mol. The predicted molar refractivity (Wildman–Crippen MR) is 144 cm³/mol. The fourth-order valence-electron chi connectivity index (χ4n) is 4.29. The third-order valence-corrected chi connectivity index (χ3v) is 6.32. The number of nitrogens with one attached hydrogen (secondary N) is 1. The van der Waals surface area contributed by atoms with Gasteiger partial charge in [0.15, 0.2) is 17.3 Å². The highest BCUT2D eigenvalue weighted by Gasteiger charge is 2.31. The van der Waals surface area contributed by atoms with Gasteiger partial charge in [-0.05, 0) is 49.1 Å². The molecule has 2 aromatic carbocycles. The van der Waals surface area contributed by atoms with E-state index < -0.39 is 0 Å². The SMILES string of the molecule is CCOc1cc2c(cc1C(=O)NC)/C(=N/Br)N(CC(=O)c1cc(OCC)c(OC)c(C(C)(C)C)c1)C2. The average Bonchev–Trinajstić information content (AvgIpc) is 3.17. The van der Waals surface area contributed by atoms with Gasteiger partial charge in [-0.25, -0.2) is 0 Å². The van der Waals surface area contributed by atoms with Crippen LogP contribution in [0.5, 0.6) is 17.2 Å². The second kappa shape index (κ2) is 11.3. The molecule has 1 amide bonds. The molecule has 36 heavy (non-hydrogen) atoms. The minimum absolute atomic E-state index is 0.0814. The molecule has 1 heterocycles. The number of Topliss-reactive ketones (excluding diaryl/α,β-unsaturated/α-hetero) is 1. The second-order valence-electron chi connectivity index (χ2n) is 9.44. The Balaban J connectivity index is 1.98. The summed E-state index contributed by atoms with van der Waals surface area (Å²) in [5.74, 6) is 1.95. The van der Waals surface area contributed by atoms with Crippen LogP contribution in [0.1, 0.15) is 72.0 Å². The summed E-state index contributed by atoms with van der Waals surface area (Å²) in [5.41, 5.74) is 3.31. The Bertz CT molecular complexity index is 1190. The van der Waals surface area contributed by atoms with Crippen molar-refractivity contribution in [2.45, 2.75) is 46.6 Å². The quantitative estimate of drug-likeness (QED) is 0.439. The molecule has 2 aromatic rings. The number of methoxy groups -OCH3 is 1. The topological polar surface area (TPSA) is 89.5 Å². The van der Waals surface area contributed by atoms with Crippen LogP contribution < -0.4 is 19.5 Å². The lowest BCUT2D eigenvalue weighted by Crippen LogP contribution is -2.31. The number of nitrogens with zero attached hydrogens (tertiary/aromatic N) is 2. The first-order valence-electron chi connectivity index (χ1n) is 11.9. The molecule has 194 valence electrons. The van der Waals surface area contributed by atoms with Gasteiger partial charge in [0.2, 0.25) is 0 Å². The Labute approximate surface area is 221 Å². The number of ketones is 1. The molecule has 3 rings (SSSR count). The van der Waals surface area contributed by atoms with Gasteiger partial charge in [0, 0.05) is 30.3 Å². The number of fused-ring (bicyclic) bond motifs is 1. The van der Waals surface area contributed by atoms with Crippen molar-refractivity contribution in [1.29, 1.82) is 0 Å². The van der Waals surface area contributed by atoms with Crippen molar-refractivity contribution in [1.82, 2.24) is 10.2 Å². The molecular weight excluding hydrogens is 526 g/mol. The normalized spacial score (nSPS) is 14.0. The maximum Gasteiger partial charge on any atom is 0.254 e. The minimum Gasteiger partial charge on any atom is -0.493 e. The monoisotopic (exact) mass is 559 g/mol. The molecule has 0 aliphatic carbocycles. The van der Waals surface area contributed by atoms with Gasteiger partial charge >= 0.3 is 0 Å². The van der Waals surface area contributed by atoms with Gasteiger partial charge in [-0.2, -0.15) is 4.02 Å². The summed E-state index contributed by atoms with van der Waals surface area (Å²) >= 11 is 3.22. The van der Waals surface area contributed by atoms with Gasteiger partial charge in [-0.15, -0.1) is 0 Å². The van der Waals surface area contributed by atoms with Crippen LogP contribution in [0, 0.1) is 0 Å². The zero-order valence-corrected chi connectivity index (χ0v) is 23.5. The molecule has 8 nitrogen and oxygen atoms in total. The van der Waals surface area contributed by atoms with Gasteiger partial charge in [0.05, 0.1) is 48.6 Å². The Morgan fingerprint density at radius 2 is 1.75 bits per heavy atom. The Kier molecular flexibility index (Phi) is 8.66. The third-order valence-electron chi connectivity index (χ3n) is 5.98. The fourth-order valence-corrected chi connectivity index (χ4v) is 4.70. The molecule has 1 aliphatic rings. The van der Waals surface area contributed by atoms with Crippen molar-refractivity contribution in [3.63, 3.8) is 0 Å². The molecule has 9 heteroatoms. The molecular formula is C27H34BrN3O5. The Morgan fingerprint density at radius 3 is 2.31 bits per heavy atom. The summed E-state index contributed by atoms with van der Waals surface area (Å²) < 4.78 is 21.5. The number of amides is 1. The van der Waals surface area contributed by atoms with E-state index in [9.17, 15) is 9.59 Å². The van der Waals surface area contributed by atoms with Gasteiger partial charge in [-0.3, -0.25) is 9.59 Å². The Morgan fingerprint density at radius 1 is 1.08 bits per heavy atom. The van der Waals surface area contributed by atoms with E-state index in [2.05, 4.69) is 46.3 Å². The number of rotatable bonds is 9. The standard InChI is InChI=1S/C27H34BrN3O5/c1-8-35-22-12-17-14-31(25(30-28)18(17)13-19(22)26(33)29-6)15-21(32)16-10-20(27(3,4)5)24(34-7)23(11-16)36-9-2/h10-13H,8-9,14-15H2,1-7H3,(H,29,33)/b30-25-. The van der Waals surface area contributed by atoms with Crippen LogP contribution in [0.4, 0.5) is 0 Å². The molecule has 0 aromatic heterocycles. The molecule has 0 radical (unpaired) electrons. The summed E-state index contributed by atoms with van der Waals surface area (Å²) in [4.78, 5) is 27.9. The number of ether oxygens (including phenoxy) is 3. The van der Waals surface area contributed by atoms with E-state index >= 15 is 0 Å². The highest BCUT2D eigenvalue weighted by molar-refractivity contribution is 9.08. The summed E-state index contributed by atoms with van der Waals surface area (Å²) in [7, 11) is 3.19. The summed E-state index contributed by atoms with van der Waals surface area (Å²) in [5, 5.41) is 2.65. The van der Waals surface area contributed by atoms with Crippen LogP contribution in [0.3, 0.4) is 0 Å². The van der Waals surface area contributed by atoms with E-state index in [1.54, 1.807) is 26.3 Å². The second-order valence-corrected chi connectivity index (χ2v) is 9.80. The van der Waals surface area contributed by atoms with Crippen molar-refractivity contribution >= 4 is 33.7 Å². The first-order valence-corrected chi connectivity index (χ1v) is 12.6. The summed E-state index contributed by atoms with van der Waals surface area (Å²) in [6.07, 6.45) is 0. The van der Waals surface area contributed by atoms with E-state index in [1.165, 1.54) is 0 Å². The molecule has 1 aliphatic heterocycles. The third kappa shape index (κ3) is 5.51. The number of benzene rings is 2. The highest BCUT2D eigenvalue weighted by Crippen LogP contribution is 2.40. The molecule has 0 fully saturated rings. The first kappa shape index (κ1) is 27.5. The number of halogens is 1. The summed E-state index contributed by atoms with van der Waals surface area (Å²) in [6, 6.07) is 7.24. The van der Waals surface area contributed by atoms with E-state index in [0.29, 0.717) is 54.0 Å². The van der Waals surface area contributed by atoms with Crippen LogP contribution in [-0.4, -0.2) is 56.3 Å². The minimum atomic E-state index is -0.258. The maximum atomic E-state index is 13.5. The first-order chi connectivity index (χ1) is 17.1. The van der Waals surface area contributed by atoms with E-state index in [0.717, 1.165) is 16.7 Å². The number of hydrogen-bond acceptors (Lipinski definition) is 6. The summed E-state index contributed by atoms with van der Waals surface area (Å²) in [6.45, 7) is 11.4. The van der Waals surface area contributed by atoms with Crippen LogP contribution in [0.25, 0.3) is 0 Å².